The van der Waals surface area contributed by atoms with E-state index in [9.17, 15) is 0 Å². The summed E-state index contributed by atoms with van der Waals surface area (Å²) in [7, 11) is 0. The van der Waals surface area contributed by atoms with E-state index in [1.54, 1.807) is 12.4 Å². The van der Waals surface area contributed by atoms with Crippen molar-refractivity contribution in [2.45, 2.75) is 6.54 Å². The fourth-order valence-corrected chi connectivity index (χ4v) is 1.02. The van der Waals surface area contributed by atoms with Crippen LogP contribution in [0.4, 0.5) is 5.69 Å². The molecule has 0 fully saturated rings. The van der Waals surface area contributed by atoms with Gasteiger partial charge in [0.05, 0.1) is 6.54 Å². The summed E-state index contributed by atoms with van der Waals surface area (Å²) in [5.41, 5.74) is 7.56. The van der Waals surface area contributed by atoms with Gasteiger partial charge >= 0.3 is 0 Å². The molecule has 3 N–H and O–H groups in total. The first kappa shape index (κ1) is 6.15. The molecule has 0 aromatic carbocycles. The molecule has 4 nitrogen and oxygen atoms in total. The topological polar surface area (TPSA) is 63.3 Å². The van der Waals surface area contributed by atoms with Gasteiger partial charge in [0, 0.05) is 23.6 Å². The van der Waals surface area contributed by atoms with E-state index in [1.807, 2.05) is 6.07 Å². The van der Waals surface area contributed by atoms with Crippen molar-refractivity contribution in [3.63, 3.8) is 0 Å². The monoisotopic (exact) mass is 148 g/mol. The normalized spacial score (nSPS) is 14.7. The van der Waals surface area contributed by atoms with Crippen molar-refractivity contribution >= 4 is 11.6 Å². The van der Waals surface area contributed by atoms with Gasteiger partial charge in [-0.1, -0.05) is 0 Å². The summed E-state index contributed by atoms with van der Waals surface area (Å²) in [6.07, 6.45) is 3.52. The number of nitrogens with zero attached hydrogens (tertiary/aromatic N) is 2. The molecule has 2 heterocycles. The zero-order chi connectivity index (χ0) is 7.68. The van der Waals surface area contributed by atoms with Crippen LogP contribution in [-0.4, -0.2) is 10.9 Å². The van der Waals surface area contributed by atoms with Crippen molar-refractivity contribution in [1.29, 1.82) is 0 Å². The highest BCUT2D eigenvalue weighted by atomic mass is 15.1. The smallest absolute Gasteiger partial charge is 0.193 e. The molecule has 0 saturated heterocycles. The number of rotatable bonds is 0. The van der Waals surface area contributed by atoms with Gasteiger partial charge in [-0.3, -0.25) is 4.98 Å². The number of hydrogen-bond acceptors (Lipinski definition) is 4. The van der Waals surface area contributed by atoms with Crippen molar-refractivity contribution < 1.29 is 0 Å². The van der Waals surface area contributed by atoms with E-state index >= 15 is 0 Å². The molecule has 0 saturated carbocycles. The van der Waals surface area contributed by atoms with Gasteiger partial charge in [-0.25, -0.2) is 4.99 Å². The second kappa shape index (κ2) is 2.23. The molecule has 1 aliphatic heterocycles. The van der Waals surface area contributed by atoms with Crippen molar-refractivity contribution in [2.24, 2.45) is 10.7 Å². The Labute approximate surface area is 64.2 Å². The molecule has 0 radical (unpaired) electrons. The minimum absolute atomic E-state index is 0.476. The summed E-state index contributed by atoms with van der Waals surface area (Å²) < 4.78 is 0. The largest absolute Gasteiger partial charge is 0.370 e. The summed E-state index contributed by atoms with van der Waals surface area (Å²) in [6.45, 7) is 0.627. The number of aliphatic imine (C=N–C) groups is 1. The fraction of sp³-hybridized carbons (Fsp3) is 0.143. The van der Waals surface area contributed by atoms with Crippen molar-refractivity contribution in [3.05, 3.63) is 24.0 Å². The second-order valence-electron chi connectivity index (χ2n) is 2.36. The first-order chi connectivity index (χ1) is 5.36. The number of guanidine groups is 1. The van der Waals surface area contributed by atoms with E-state index in [0.29, 0.717) is 12.5 Å². The summed E-state index contributed by atoms with van der Waals surface area (Å²) in [5, 5.41) is 2.95. The Bertz CT molecular complexity index is 305. The number of nitrogens with two attached hydrogens (primary N) is 1. The molecule has 0 bridgehead atoms. The van der Waals surface area contributed by atoms with Gasteiger partial charge < -0.3 is 11.1 Å². The highest BCUT2D eigenvalue weighted by Gasteiger charge is 2.07. The summed E-state index contributed by atoms with van der Waals surface area (Å²) in [5.74, 6) is 0.476. The third-order valence-electron chi connectivity index (χ3n) is 1.59. The van der Waals surface area contributed by atoms with Crippen LogP contribution in [0.2, 0.25) is 0 Å². The second-order valence-corrected chi connectivity index (χ2v) is 2.36. The number of aromatic nitrogens is 1. The fourth-order valence-electron chi connectivity index (χ4n) is 1.02. The first-order valence-corrected chi connectivity index (χ1v) is 3.36. The molecule has 0 atom stereocenters. The summed E-state index contributed by atoms with van der Waals surface area (Å²) in [4.78, 5) is 7.99. The average molecular weight is 148 g/mol. The zero-order valence-corrected chi connectivity index (χ0v) is 5.91. The molecule has 1 aromatic heterocycles. The van der Waals surface area contributed by atoms with Crippen LogP contribution in [0.1, 0.15) is 5.56 Å². The Morgan fingerprint density at radius 3 is 3.36 bits per heavy atom. The average Bonchev–Trinajstić information content (AvgIpc) is 2.04. The number of fused-ring (bicyclic) bond motifs is 1. The SMILES string of the molecule is NC1=NCc2cnccc2N1. The van der Waals surface area contributed by atoms with Gasteiger partial charge in [0.25, 0.3) is 0 Å². The highest BCUT2D eigenvalue weighted by molar-refractivity contribution is 5.94. The van der Waals surface area contributed by atoms with Crippen molar-refractivity contribution in [3.8, 4) is 0 Å². The van der Waals surface area contributed by atoms with Gasteiger partial charge in [-0.15, -0.1) is 0 Å². The van der Waals surface area contributed by atoms with Crippen LogP contribution in [0.3, 0.4) is 0 Å². The van der Waals surface area contributed by atoms with Crippen LogP contribution < -0.4 is 11.1 Å². The minimum atomic E-state index is 0.476. The molecular formula is C7H8N4. The maximum absolute atomic E-state index is 5.47. The van der Waals surface area contributed by atoms with E-state index in [0.717, 1.165) is 11.3 Å². The number of pyridine rings is 1. The highest BCUT2D eigenvalue weighted by Crippen LogP contribution is 2.16. The molecule has 1 aromatic rings. The number of nitrogens with one attached hydrogen (secondary N) is 1. The van der Waals surface area contributed by atoms with Gasteiger partial charge in [0.1, 0.15) is 0 Å². The third-order valence-corrected chi connectivity index (χ3v) is 1.59. The molecule has 2 rings (SSSR count). The molecule has 1 aliphatic rings. The Balaban J connectivity index is 2.42. The standard InChI is InChI=1S/C7H8N4/c8-7-10-4-5-3-9-2-1-6(5)11-7/h1-3H,4H2,(H3,8,10,11). The van der Waals surface area contributed by atoms with Crippen LogP contribution in [0.5, 0.6) is 0 Å². The molecule has 11 heavy (non-hydrogen) atoms. The molecule has 4 heteroatoms. The van der Waals surface area contributed by atoms with Crippen molar-refractivity contribution in [1.82, 2.24) is 4.98 Å². The summed E-state index contributed by atoms with van der Waals surface area (Å²) in [6, 6.07) is 1.89. The van der Waals surface area contributed by atoms with E-state index in [4.69, 9.17) is 5.73 Å². The minimum Gasteiger partial charge on any atom is -0.370 e. The number of anilines is 1. The lowest BCUT2D eigenvalue weighted by atomic mass is 10.2. The Hall–Kier alpha value is -1.58. The molecule has 56 valence electrons. The predicted molar refractivity (Wildman–Crippen MR) is 43.2 cm³/mol. The quantitative estimate of drug-likeness (QED) is 0.557. The molecule has 0 amide bonds. The van der Waals surface area contributed by atoms with Crippen LogP contribution in [-0.2, 0) is 6.54 Å². The molecule has 0 spiro atoms. The molecule has 0 aliphatic carbocycles. The lowest BCUT2D eigenvalue weighted by Gasteiger charge is -2.13. The van der Waals surface area contributed by atoms with E-state index in [1.165, 1.54) is 0 Å². The Kier molecular flexibility index (Phi) is 1.25. The Morgan fingerprint density at radius 1 is 1.55 bits per heavy atom. The van der Waals surface area contributed by atoms with Crippen molar-refractivity contribution in [2.75, 3.05) is 5.32 Å². The Morgan fingerprint density at radius 2 is 2.45 bits per heavy atom. The van der Waals surface area contributed by atoms with Crippen LogP contribution >= 0.6 is 0 Å². The summed E-state index contributed by atoms with van der Waals surface area (Å²) >= 11 is 0. The van der Waals surface area contributed by atoms with Crippen LogP contribution in [0.15, 0.2) is 23.5 Å². The van der Waals surface area contributed by atoms with Gasteiger partial charge in [0.15, 0.2) is 5.96 Å². The van der Waals surface area contributed by atoms with E-state index in [2.05, 4.69) is 15.3 Å². The molecular weight excluding hydrogens is 140 g/mol. The van der Waals surface area contributed by atoms with Gasteiger partial charge in [-0.2, -0.15) is 0 Å². The lowest BCUT2D eigenvalue weighted by Crippen LogP contribution is -2.26. The third kappa shape index (κ3) is 1.02. The first-order valence-electron chi connectivity index (χ1n) is 3.36. The maximum Gasteiger partial charge on any atom is 0.193 e. The van der Waals surface area contributed by atoms with E-state index in [-0.39, 0.29) is 0 Å². The maximum atomic E-state index is 5.47. The van der Waals surface area contributed by atoms with E-state index < -0.39 is 0 Å². The zero-order valence-electron chi connectivity index (χ0n) is 5.91. The lowest BCUT2D eigenvalue weighted by molar-refractivity contribution is 1.02. The molecule has 0 unspecified atom stereocenters. The van der Waals surface area contributed by atoms with Crippen LogP contribution in [0.25, 0.3) is 0 Å². The van der Waals surface area contributed by atoms with Gasteiger partial charge in [0.2, 0.25) is 0 Å². The number of hydrogen-bond donors (Lipinski definition) is 2. The predicted octanol–water partition coefficient (Wildman–Crippen LogP) is 0.322. The van der Waals surface area contributed by atoms with Crippen LogP contribution in [0, 0.1) is 0 Å². The van der Waals surface area contributed by atoms with Gasteiger partial charge in [-0.05, 0) is 6.07 Å².